The Hall–Kier alpha value is -0.0900. The van der Waals surface area contributed by atoms with Gasteiger partial charge < -0.3 is 10.1 Å². The smallest absolute Gasteiger partial charge is 0.0931 e. The molecule has 0 bridgehead atoms. The van der Waals surface area contributed by atoms with Crippen molar-refractivity contribution in [3.05, 3.63) is 21.3 Å². The van der Waals surface area contributed by atoms with Crippen molar-refractivity contribution < 1.29 is 4.74 Å². The Morgan fingerprint density at radius 2 is 2.18 bits per heavy atom. The van der Waals surface area contributed by atoms with E-state index < -0.39 is 0 Å². The summed E-state index contributed by atoms with van der Waals surface area (Å²) in [6.45, 7) is 7.34. The molecule has 1 heterocycles. The lowest BCUT2D eigenvalue weighted by atomic mass is 9.98. The molecule has 0 fully saturated rings. The van der Waals surface area contributed by atoms with Crippen LogP contribution in [0.1, 0.15) is 44.5 Å². The average molecular weight is 276 g/mol. The molecule has 1 rings (SSSR count). The van der Waals surface area contributed by atoms with E-state index in [-0.39, 0.29) is 5.60 Å². The first-order chi connectivity index (χ1) is 7.98. The standard InChI is InChI=1S/C13H22ClNOS/c1-5-15-10(8-9-13(2,3)16-4)11-6-7-12(14)17-11/h6-7,10,15H,5,8-9H2,1-4H3. The minimum atomic E-state index is -0.0608. The highest BCUT2D eigenvalue weighted by atomic mass is 35.5. The van der Waals surface area contributed by atoms with Gasteiger partial charge in [0.1, 0.15) is 0 Å². The van der Waals surface area contributed by atoms with Gasteiger partial charge in [-0.15, -0.1) is 11.3 Å². The van der Waals surface area contributed by atoms with Crippen LogP contribution in [0, 0.1) is 0 Å². The number of thiophene rings is 1. The molecule has 2 nitrogen and oxygen atoms in total. The van der Waals surface area contributed by atoms with Gasteiger partial charge in [0.05, 0.1) is 9.94 Å². The molecule has 0 aromatic carbocycles. The maximum Gasteiger partial charge on any atom is 0.0931 e. The molecular formula is C13H22ClNOS. The van der Waals surface area contributed by atoms with Gasteiger partial charge in [0.25, 0.3) is 0 Å². The van der Waals surface area contributed by atoms with E-state index >= 15 is 0 Å². The zero-order valence-corrected chi connectivity index (χ0v) is 12.6. The van der Waals surface area contributed by atoms with Crippen molar-refractivity contribution in [2.24, 2.45) is 0 Å². The van der Waals surface area contributed by atoms with Gasteiger partial charge in [0.2, 0.25) is 0 Å². The van der Waals surface area contributed by atoms with Gasteiger partial charge in [0, 0.05) is 18.0 Å². The molecule has 1 aromatic heterocycles. The summed E-state index contributed by atoms with van der Waals surface area (Å²) in [7, 11) is 1.77. The molecule has 0 radical (unpaired) electrons. The highest BCUT2D eigenvalue weighted by Crippen LogP contribution is 2.31. The predicted octanol–water partition coefficient (Wildman–Crippen LogP) is 4.26. The normalized spacial score (nSPS) is 13.9. The quantitative estimate of drug-likeness (QED) is 0.803. The van der Waals surface area contributed by atoms with E-state index in [1.807, 2.05) is 6.07 Å². The molecule has 0 aliphatic carbocycles. The van der Waals surface area contributed by atoms with Crippen molar-refractivity contribution >= 4 is 22.9 Å². The van der Waals surface area contributed by atoms with Gasteiger partial charge in [0.15, 0.2) is 0 Å². The number of hydrogen-bond acceptors (Lipinski definition) is 3. The highest BCUT2D eigenvalue weighted by molar-refractivity contribution is 7.16. The van der Waals surface area contributed by atoms with Crippen molar-refractivity contribution in [3.63, 3.8) is 0 Å². The number of methoxy groups -OCH3 is 1. The second-order valence-corrected chi connectivity index (χ2v) is 6.50. The summed E-state index contributed by atoms with van der Waals surface area (Å²) in [6.07, 6.45) is 2.09. The van der Waals surface area contributed by atoms with Gasteiger partial charge in [-0.1, -0.05) is 18.5 Å². The molecule has 0 spiro atoms. The van der Waals surface area contributed by atoms with Crippen molar-refractivity contribution in [2.75, 3.05) is 13.7 Å². The first-order valence-corrected chi connectivity index (χ1v) is 7.21. The largest absolute Gasteiger partial charge is 0.379 e. The number of nitrogens with one attached hydrogen (secondary N) is 1. The maximum atomic E-state index is 5.99. The average Bonchev–Trinajstić information content (AvgIpc) is 2.71. The van der Waals surface area contributed by atoms with Crippen molar-refractivity contribution in [2.45, 2.75) is 45.3 Å². The fourth-order valence-electron chi connectivity index (χ4n) is 1.70. The van der Waals surface area contributed by atoms with Crippen LogP contribution >= 0.6 is 22.9 Å². The highest BCUT2D eigenvalue weighted by Gasteiger charge is 2.20. The Morgan fingerprint density at radius 3 is 2.65 bits per heavy atom. The molecule has 1 unspecified atom stereocenters. The van der Waals surface area contributed by atoms with E-state index in [1.165, 1.54) is 4.88 Å². The second-order valence-electron chi connectivity index (χ2n) is 4.75. The van der Waals surface area contributed by atoms with Gasteiger partial charge in [-0.3, -0.25) is 0 Å². The fourth-order valence-corrected chi connectivity index (χ4v) is 2.87. The van der Waals surface area contributed by atoms with Crippen LogP contribution in [-0.4, -0.2) is 19.3 Å². The number of halogens is 1. The molecule has 0 aliphatic heterocycles. The van der Waals surface area contributed by atoms with Crippen LogP contribution in [0.25, 0.3) is 0 Å². The molecule has 0 aliphatic rings. The molecular weight excluding hydrogens is 254 g/mol. The van der Waals surface area contributed by atoms with Gasteiger partial charge in [-0.2, -0.15) is 0 Å². The Kier molecular flexibility index (Phi) is 5.93. The van der Waals surface area contributed by atoms with Gasteiger partial charge in [-0.05, 0) is 45.4 Å². The summed E-state index contributed by atoms with van der Waals surface area (Å²) in [5.74, 6) is 0. The van der Waals surface area contributed by atoms with E-state index in [1.54, 1.807) is 18.4 Å². The maximum absolute atomic E-state index is 5.99. The molecule has 1 N–H and O–H groups in total. The van der Waals surface area contributed by atoms with Crippen molar-refractivity contribution in [1.82, 2.24) is 5.32 Å². The third-order valence-corrected chi connectivity index (χ3v) is 4.32. The zero-order valence-electron chi connectivity index (χ0n) is 11.0. The van der Waals surface area contributed by atoms with Gasteiger partial charge in [-0.25, -0.2) is 0 Å². The van der Waals surface area contributed by atoms with Crippen LogP contribution in [0.5, 0.6) is 0 Å². The Balaban J connectivity index is 2.61. The molecule has 1 atom stereocenters. The Labute approximate surface area is 113 Å². The number of hydrogen-bond donors (Lipinski definition) is 1. The molecule has 0 amide bonds. The zero-order chi connectivity index (χ0) is 12.9. The monoisotopic (exact) mass is 275 g/mol. The number of rotatable bonds is 7. The van der Waals surface area contributed by atoms with E-state index in [9.17, 15) is 0 Å². The Morgan fingerprint density at radius 1 is 1.47 bits per heavy atom. The van der Waals surface area contributed by atoms with E-state index in [0.717, 1.165) is 23.7 Å². The molecule has 1 aromatic rings. The summed E-state index contributed by atoms with van der Waals surface area (Å²) < 4.78 is 6.31. The molecule has 4 heteroatoms. The van der Waals surface area contributed by atoms with E-state index in [2.05, 4.69) is 32.2 Å². The SMILES string of the molecule is CCNC(CCC(C)(C)OC)c1ccc(Cl)s1. The third-order valence-electron chi connectivity index (χ3n) is 2.98. The van der Waals surface area contributed by atoms with Crippen LogP contribution in [0.2, 0.25) is 4.34 Å². The fraction of sp³-hybridized carbons (Fsp3) is 0.692. The topological polar surface area (TPSA) is 21.3 Å². The second kappa shape index (κ2) is 6.74. The summed E-state index contributed by atoms with van der Waals surface area (Å²) >= 11 is 7.64. The first-order valence-electron chi connectivity index (χ1n) is 6.02. The lowest BCUT2D eigenvalue weighted by Gasteiger charge is -2.26. The summed E-state index contributed by atoms with van der Waals surface area (Å²) in [6, 6.07) is 4.46. The molecule has 0 saturated heterocycles. The summed E-state index contributed by atoms with van der Waals surface area (Å²) in [5, 5.41) is 3.51. The Bertz CT molecular complexity index is 338. The van der Waals surface area contributed by atoms with Crippen molar-refractivity contribution in [3.8, 4) is 0 Å². The van der Waals surface area contributed by atoms with Crippen LogP contribution in [-0.2, 0) is 4.74 Å². The first kappa shape index (κ1) is 15.0. The number of ether oxygens (including phenoxy) is 1. The van der Waals surface area contributed by atoms with Crippen LogP contribution in [0.3, 0.4) is 0 Å². The summed E-state index contributed by atoms with van der Waals surface area (Å²) in [5.41, 5.74) is -0.0608. The lowest BCUT2D eigenvalue weighted by molar-refractivity contribution is 0.0118. The predicted molar refractivity (Wildman–Crippen MR) is 76.1 cm³/mol. The van der Waals surface area contributed by atoms with Crippen LogP contribution in [0.15, 0.2) is 12.1 Å². The summed E-state index contributed by atoms with van der Waals surface area (Å²) in [4.78, 5) is 1.31. The van der Waals surface area contributed by atoms with Crippen LogP contribution < -0.4 is 5.32 Å². The molecule has 17 heavy (non-hydrogen) atoms. The lowest BCUT2D eigenvalue weighted by Crippen LogP contribution is -2.27. The van der Waals surface area contributed by atoms with Crippen molar-refractivity contribution in [1.29, 1.82) is 0 Å². The van der Waals surface area contributed by atoms with E-state index in [4.69, 9.17) is 16.3 Å². The minimum absolute atomic E-state index is 0.0608. The molecule has 98 valence electrons. The minimum Gasteiger partial charge on any atom is -0.379 e. The van der Waals surface area contributed by atoms with Gasteiger partial charge >= 0.3 is 0 Å². The van der Waals surface area contributed by atoms with E-state index in [0.29, 0.717) is 6.04 Å². The van der Waals surface area contributed by atoms with Crippen LogP contribution in [0.4, 0.5) is 0 Å². The molecule has 0 saturated carbocycles. The third kappa shape index (κ3) is 4.96.